The lowest BCUT2D eigenvalue weighted by Gasteiger charge is -2.35. The van der Waals surface area contributed by atoms with Crippen LogP contribution in [-0.4, -0.2) is 48.9 Å². The molecule has 1 fully saturated rings. The van der Waals surface area contributed by atoms with E-state index in [9.17, 15) is 13.2 Å². The molecule has 0 saturated carbocycles. The van der Waals surface area contributed by atoms with Crippen LogP contribution < -0.4 is 0 Å². The van der Waals surface area contributed by atoms with Gasteiger partial charge in [-0.25, -0.2) is 8.42 Å². The van der Waals surface area contributed by atoms with Gasteiger partial charge in [-0.3, -0.25) is 4.79 Å². The molecule has 1 heterocycles. The fourth-order valence-corrected chi connectivity index (χ4v) is 4.30. The summed E-state index contributed by atoms with van der Waals surface area (Å²) in [6.45, 7) is 5.44. The van der Waals surface area contributed by atoms with Crippen molar-refractivity contribution in [3.8, 4) is 0 Å². The van der Waals surface area contributed by atoms with Crippen LogP contribution in [0.1, 0.15) is 50.2 Å². The largest absolute Gasteiger partial charge is 0.340 e. The number of carbonyl (C=O) groups is 1. The molecule has 1 aromatic rings. The average molecular weight is 367 g/mol. The summed E-state index contributed by atoms with van der Waals surface area (Å²) in [7, 11) is -3.36. The van der Waals surface area contributed by atoms with Crippen molar-refractivity contribution in [2.24, 2.45) is 0 Å². The molecule has 0 aromatic heterocycles. The van der Waals surface area contributed by atoms with Crippen LogP contribution in [0, 0.1) is 6.92 Å². The summed E-state index contributed by atoms with van der Waals surface area (Å²) in [5.41, 5.74) is 2.04. The van der Waals surface area contributed by atoms with E-state index in [-0.39, 0.29) is 18.9 Å². The topological polar surface area (TPSA) is 57.7 Å². The lowest BCUT2D eigenvalue weighted by molar-refractivity contribution is -0.135. The third-order valence-corrected chi connectivity index (χ3v) is 6.15. The zero-order valence-electron chi connectivity index (χ0n) is 15.6. The molecule has 0 spiro atoms. The third-order valence-electron chi connectivity index (χ3n) is 4.90. The molecule has 1 aliphatic rings. The Balaban J connectivity index is 2.01. The minimum absolute atomic E-state index is 0.0736. The molecule has 0 bridgehead atoms. The van der Waals surface area contributed by atoms with Gasteiger partial charge in [0.15, 0.2) is 0 Å². The molecule has 0 aliphatic carbocycles. The van der Waals surface area contributed by atoms with E-state index in [1.54, 1.807) is 0 Å². The highest BCUT2D eigenvalue weighted by Crippen LogP contribution is 2.20. The van der Waals surface area contributed by atoms with Gasteiger partial charge in [0.25, 0.3) is 0 Å². The number of hydrogen-bond acceptors (Lipinski definition) is 3. The highest BCUT2D eigenvalue weighted by Gasteiger charge is 2.26. The van der Waals surface area contributed by atoms with Gasteiger partial charge in [-0.15, -0.1) is 0 Å². The van der Waals surface area contributed by atoms with E-state index in [4.69, 9.17) is 0 Å². The maximum absolute atomic E-state index is 12.6. The molecule has 1 aromatic carbocycles. The van der Waals surface area contributed by atoms with E-state index in [0.717, 1.165) is 36.9 Å². The Morgan fingerprint density at radius 1 is 1.32 bits per heavy atom. The molecule has 1 aliphatic heterocycles. The Morgan fingerprint density at radius 2 is 2.08 bits per heavy atom. The second kappa shape index (κ2) is 8.81. The molecule has 25 heavy (non-hydrogen) atoms. The molecule has 1 amide bonds. The van der Waals surface area contributed by atoms with Crippen molar-refractivity contribution in [1.82, 2.24) is 9.21 Å². The van der Waals surface area contributed by atoms with Gasteiger partial charge in [0.1, 0.15) is 0 Å². The number of likely N-dealkylation sites (tertiary alicyclic amines) is 1. The zero-order valence-corrected chi connectivity index (χ0v) is 16.4. The summed E-state index contributed by atoms with van der Waals surface area (Å²) in [4.78, 5) is 14.6. The van der Waals surface area contributed by atoms with Gasteiger partial charge in [0.2, 0.25) is 15.9 Å². The highest BCUT2D eigenvalue weighted by molar-refractivity contribution is 7.88. The summed E-state index contributed by atoms with van der Waals surface area (Å²) in [6.07, 6.45) is 5.69. The van der Waals surface area contributed by atoms with Crippen molar-refractivity contribution in [3.05, 3.63) is 35.4 Å². The first-order chi connectivity index (χ1) is 11.8. The molecule has 1 atom stereocenters. The van der Waals surface area contributed by atoms with E-state index in [1.165, 1.54) is 17.0 Å². The maximum atomic E-state index is 12.6. The molecule has 0 radical (unpaired) electrons. The van der Waals surface area contributed by atoms with E-state index in [1.807, 2.05) is 36.1 Å². The van der Waals surface area contributed by atoms with Crippen molar-refractivity contribution in [2.75, 3.05) is 19.3 Å². The Bertz CT molecular complexity index is 688. The molecule has 140 valence electrons. The molecule has 1 unspecified atom stereocenters. The van der Waals surface area contributed by atoms with E-state index >= 15 is 0 Å². The monoisotopic (exact) mass is 366 g/mol. The number of benzene rings is 1. The minimum Gasteiger partial charge on any atom is -0.340 e. The number of nitrogens with zero attached hydrogens (tertiary/aromatic N) is 2. The number of rotatable bonds is 7. The predicted molar refractivity (Wildman–Crippen MR) is 101 cm³/mol. The Hall–Kier alpha value is -1.40. The van der Waals surface area contributed by atoms with Crippen molar-refractivity contribution in [2.45, 2.75) is 58.5 Å². The second-order valence-electron chi connectivity index (χ2n) is 6.98. The smallest absolute Gasteiger partial charge is 0.224 e. The summed E-state index contributed by atoms with van der Waals surface area (Å²) in [5.74, 6) is 0.0736. The summed E-state index contributed by atoms with van der Waals surface area (Å²) in [6, 6.07) is 8.13. The van der Waals surface area contributed by atoms with Crippen LogP contribution in [0.4, 0.5) is 0 Å². The lowest BCUT2D eigenvalue weighted by Crippen LogP contribution is -2.44. The molecule has 1 saturated heterocycles. The number of amides is 1. The van der Waals surface area contributed by atoms with Crippen molar-refractivity contribution < 1.29 is 13.2 Å². The highest BCUT2D eigenvalue weighted by atomic mass is 32.2. The normalized spacial score (nSPS) is 18.6. The Labute approximate surface area is 152 Å². The first-order valence-electron chi connectivity index (χ1n) is 9.11. The van der Waals surface area contributed by atoms with Crippen LogP contribution in [0.2, 0.25) is 0 Å². The van der Waals surface area contributed by atoms with E-state index in [0.29, 0.717) is 12.6 Å². The number of sulfonamides is 1. The van der Waals surface area contributed by atoms with Gasteiger partial charge < -0.3 is 4.90 Å². The van der Waals surface area contributed by atoms with Crippen molar-refractivity contribution in [1.29, 1.82) is 0 Å². The third kappa shape index (κ3) is 5.82. The van der Waals surface area contributed by atoms with Crippen LogP contribution in [-0.2, 0) is 21.4 Å². The predicted octanol–water partition coefficient (Wildman–Crippen LogP) is 2.94. The number of carbonyl (C=O) groups excluding carboxylic acids is 1. The van der Waals surface area contributed by atoms with E-state index < -0.39 is 10.0 Å². The number of hydrogen-bond donors (Lipinski definition) is 0. The molecule has 6 heteroatoms. The van der Waals surface area contributed by atoms with Gasteiger partial charge in [-0.05, 0) is 38.2 Å². The lowest BCUT2D eigenvalue weighted by atomic mass is 9.99. The number of piperidine rings is 1. The van der Waals surface area contributed by atoms with Crippen molar-refractivity contribution >= 4 is 15.9 Å². The number of aryl methyl sites for hydroxylation is 1. The summed E-state index contributed by atoms with van der Waals surface area (Å²) in [5, 5.41) is 0. The molecule has 5 nitrogen and oxygen atoms in total. The molecule has 2 rings (SSSR count). The Morgan fingerprint density at radius 3 is 2.72 bits per heavy atom. The van der Waals surface area contributed by atoms with Gasteiger partial charge in [0.05, 0.1) is 6.26 Å². The van der Waals surface area contributed by atoms with Crippen LogP contribution in [0.5, 0.6) is 0 Å². The molecular weight excluding hydrogens is 336 g/mol. The zero-order chi connectivity index (χ0) is 18.4. The standard InChI is InChI=1S/C19H30N2O3S/c1-4-18-10-5-6-12-21(18)19(22)11-13-20(25(3,23)24)15-17-9-7-8-16(2)14-17/h7-9,14,18H,4-6,10-13,15H2,1-3H3. The van der Waals surface area contributed by atoms with Crippen LogP contribution in [0.25, 0.3) is 0 Å². The van der Waals surface area contributed by atoms with Crippen LogP contribution in [0.15, 0.2) is 24.3 Å². The quantitative estimate of drug-likeness (QED) is 0.745. The molecular formula is C19H30N2O3S. The van der Waals surface area contributed by atoms with Crippen molar-refractivity contribution in [3.63, 3.8) is 0 Å². The minimum atomic E-state index is -3.36. The Kier molecular flexibility index (Phi) is 7.02. The van der Waals surface area contributed by atoms with Crippen LogP contribution in [0.3, 0.4) is 0 Å². The maximum Gasteiger partial charge on any atom is 0.224 e. The van der Waals surface area contributed by atoms with Gasteiger partial charge in [-0.1, -0.05) is 36.8 Å². The fourth-order valence-electron chi connectivity index (χ4n) is 3.49. The van der Waals surface area contributed by atoms with Gasteiger partial charge in [0, 0.05) is 32.1 Å². The van der Waals surface area contributed by atoms with E-state index in [2.05, 4.69) is 6.92 Å². The van der Waals surface area contributed by atoms with Gasteiger partial charge in [-0.2, -0.15) is 4.31 Å². The first kappa shape index (κ1) is 19.9. The summed E-state index contributed by atoms with van der Waals surface area (Å²) < 4.78 is 25.7. The first-order valence-corrected chi connectivity index (χ1v) is 11.0. The van der Waals surface area contributed by atoms with Gasteiger partial charge >= 0.3 is 0 Å². The average Bonchev–Trinajstić information content (AvgIpc) is 2.57. The SMILES string of the molecule is CCC1CCCCN1C(=O)CCN(Cc1cccc(C)c1)S(C)(=O)=O. The second-order valence-corrected chi connectivity index (χ2v) is 8.96. The van der Waals surface area contributed by atoms with Crippen LogP contribution >= 0.6 is 0 Å². The fraction of sp³-hybridized carbons (Fsp3) is 0.632. The molecule has 0 N–H and O–H groups in total. The summed E-state index contributed by atoms with van der Waals surface area (Å²) >= 11 is 0.